The van der Waals surface area contributed by atoms with E-state index in [2.05, 4.69) is 13.8 Å². The zero-order valence-electron chi connectivity index (χ0n) is 12.8. The largest absolute Gasteiger partial charge is 0.333 e. The first-order valence-electron chi connectivity index (χ1n) is 7.77. The van der Waals surface area contributed by atoms with Gasteiger partial charge >= 0.3 is 0 Å². The number of likely N-dealkylation sites (tertiary alicyclic amines) is 1. The number of nitrogens with one attached hydrogen (secondary N) is 1. The Labute approximate surface area is 124 Å². The van der Waals surface area contributed by atoms with Gasteiger partial charge in [-0.15, -0.1) is 0 Å². The molecule has 1 saturated heterocycles. The van der Waals surface area contributed by atoms with Gasteiger partial charge in [0.15, 0.2) is 6.49 Å². The zero-order valence-corrected chi connectivity index (χ0v) is 14.5. The molecule has 0 radical (unpaired) electrons. The Balaban J connectivity index is 2.20. The lowest BCUT2D eigenvalue weighted by Crippen LogP contribution is -3.13. The fraction of sp³-hybridized carbons (Fsp3) is 1.00. The molecule has 5 heteroatoms. The van der Waals surface area contributed by atoms with Crippen molar-refractivity contribution < 1.29 is 13.9 Å². The van der Waals surface area contributed by atoms with Crippen LogP contribution in [-0.4, -0.2) is 39.0 Å². The van der Waals surface area contributed by atoms with Crippen LogP contribution in [0.5, 0.6) is 0 Å². The summed E-state index contributed by atoms with van der Waals surface area (Å²) in [6.07, 6.45) is 7.85. The number of rotatable bonds is 9. The van der Waals surface area contributed by atoms with Crippen molar-refractivity contribution in [3.8, 4) is 0 Å². The lowest BCUT2D eigenvalue weighted by Gasteiger charge is -2.28. The molecule has 1 heterocycles. The Morgan fingerprint density at radius 3 is 2.53 bits per heavy atom. The lowest BCUT2D eigenvalue weighted by molar-refractivity contribution is -0.907. The molecular weight excluding hydrogens is 277 g/mol. The summed E-state index contributed by atoms with van der Waals surface area (Å²) in [6.45, 7) is 8.68. The van der Waals surface area contributed by atoms with Gasteiger partial charge in [0.2, 0.25) is 0 Å². The molecule has 0 aromatic carbocycles. The zero-order chi connectivity index (χ0) is 14.1. The summed E-state index contributed by atoms with van der Waals surface area (Å²) in [5.41, 5.74) is 0. The predicted molar refractivity (Wildman–Crippen MR) is 85.6 cm³/mol. The first-order valence-corrected chi connectivity index (χ1v) is 10.9. The van der Waals surface area contributed by atoms with Gasteiger partial charge < -0.3 is 13.9 Å². The Morgan fingerprint density at radius 2 is 1.89 bits per heavy atom. The van der Waals surface area contributed by atoms with Gasteiger partial charge in [-0.05, 0) is 44.4 Å². The second kappa shape index (κ2) is 9.46. The molecular formula is C14H31NO2PS+. The third-order valence-electron chi connectivity index (χ3n) is 3.58. The minimum Gasteiger partial charge on any atom is -0.333 e. The Morgan fingerprint density at radius 1 is 1.21 bits per heavy atom. The van der Waals surface area contributed by atoms with Gasteiger partial charge in [0, 0.05) is 6.66 Å². The first kappa shape index (κ1) is 17.6. The topological polar surface area (TPSA) is 22.9 Å². The second-order valence-electron chi connectivity index (χ2n) is 5.74. The van der Waals surface area contributed by atoms with Gasteiger partial charge in [-0.3, -0.25) is 0 Å². The van der Waals surface area contributed by atoms with Crippen molar-refractivity contribution in [3.63, 3.8) is 0 Å². The number of quaternary nitrogens is 1. The summed E-state index contributed by atoms with van der Waals surface area (Å²) in [4.78, 5) is 1.67. The van der Waals surface area contributed by atoms with Gasteiger partial charge in [-0.25, -0.2) is 0 Å². The van der Waals surface area contributed by atoms with E-state index >= 15 is 0 Å². The highest BCUT2D eigenvalue weighted by atomic mass is 32.5. The molecule has 0 aromatic rings. The van der Waals surface area contributed by atoms with Gasteiger partial charge in [-0.2, -0.15) is 0 Å². The monoisotopic (exact) mass is 308 g/mol. The van der Waals surface area contributed by atoms with Crippen molar-refractivity contribution in [1.82, 2.24) is 0 Å². The van der Waals surface area contributed by atoms with Crippen molar-refractivity contribution in [3.05, 3.63) is 0 Å². The standard InChI is InChI=1S/C14H30NO2PS/c1-4-5-9-12-16-18(3,19)17-14(2)13-15-10-7-6-8-11-15/h14H,4-13H2,1-3H3/p+1. The SMILES string of the molecule is CCCCCOP(C)(=S)OC(C)C[NH+]1CCCCC1. The Hall–Kier alpha value is 0.530. The van der Waals surface area contributed by atoms with E-state index in [4.69, 9.17) is 20.9 Å². The molecule has 2 atom stereocenters. The molecule has 1 fully saturated rings. The number of hydrogen-bond donors (Lipinski definition) is 1. The molecule has 1 N–H and O–H groups in total. The Bertz CT molecular complexity index is 283. The van der Waals surface area contributed by atoms with Crippen LogP contribution in [0.2, 0.25) is 0 Å². The molecule has 3 nitrogen and oxygen atoms in total. The minimum absolute atomic E-state index is 0.218. The smallest absolute Gasteiger partial charge is 0.186 e. The van der Waals surface area contributed by atoms with Crippen molar-refractivity contribution in [2.75, 3.05) is 32.9 Å². The highest BCUT2D eigenvalue weighted by Crippen LogP contribution is 2.45. The van der Waals surface area contributed by atoms with Crippen LogP contribution in [-0.2, 0) is 20.9 Å². The van der Waals surface area contributed by atoms with E-state index in [1.54, 1.807) is 4.90 Å². The molecule has 1 aliphatic heterocycles. The molecule has 0 spiro atoms. The summed E-state index contributed by atoms with van der Waals surface area (Å²) in [5, 5.41) is 0. The fourth-order valence-electron chi connectivity index (χ4n) is 2.64. The van der Waals surface area contributed by atoms with Gasteiger partial charge in [0.05, 0.1) is 19.7 Å². The van der Waals surface area contributed by atoms with Gasteiger partial charge in [0.25, 0.3) is 0 Å². The summed E-state index contributed by atoms with van der Waals surface area (Å²) >= 11 is 5.49. The van der Waals surface area contributed by atoms with Crippen molar-refractivity contribution >= 4 is 18.3 Å². The highest BCUT2D eigenvalue weighted by Gasteiger charge is 2.21. The van der Waals surface area contributed by atoms with Crippen LogP contribution in [0.4, 0.5) is 0 Å². The molecule has 0 aliphatic carbocycles. The van der Waals surface area contributed by atoms with E-state index in [1.807, 2.05) is 6.66 Å². The predicted octanol–water partition coefficient (Wildman–Crippen LogP) is 2.61. The van der Waals surface area contributed by atoms with E-state index in [1.165, 1.54) is 45.2 Å². The summed E-state index contributed by atoms with van der Waals surface area (Å²) < 4.78 is 11.8. The third kappa shape index (κ3) is 8.41. The minimum atomic E-state index is -2.04. The van der Waals surface area contributed by atoms with Crippen LogP contribution in [0, 0.1) is 0 Å². The maximum Gasteiger partial charge on any atom is 0.186 e. The molecule has 2 unspecified atom stereocenters. The maximum absolute atomic E-state index is 6.00. The van der Waals surface area contributed by atoms with E-state index in [0.717, 1.165) is 19.6 Å². The molecule has 0 aromatic heterocycles. The third-order valence-corrected chi connectivity index (χ3v) is 5.55. The van der Waals surface area contributed by atoms with Crippen LogP contribution in [0.25, 0.3) is 0 Å². The second-order valence-corrected chi connectivity index (χ2v) is 9.74. The van der Waals surface area contributed by atoms with Gasteiger partial charge in [0.1, 0.15) is 12.6 Å². The molecule has 0 amide bonds. The van der Waals surface area contributed by atoms with Crippen LogP contribution in [0.1, 0.15) is 52.4 Å². The number of piperidine rings is 1. The molecule has 1 rings (SSSR count). The molecule has 19 heavy (non-hydrogen) atoms. The molecule has 0 bridgehead atoms. The van der Waals surface area contributed by atoms with Crippen LogP contribution >= 0.6 is 6.49 Å². The van der Waals surface area contributed by atoms with Gasteiger partial charge in [-0.1, -0.05) is 19.8 Å². The van der Waals surface area contributed by atoms with Crippen molar-refractivity contribution in [2.45, 2.75) is 58.5 Å². The average Bonchev–Trinajstić information content (AvgIpc) is 2.35. The number of hydrogen-bond acceptors (Lipinski definition) is 3. The molecule has 0 saturated carbocycles. The van der Waals surface area contributed by atoms with Crippen molar-refractivity contribution in [1.29, 1.82) is 0 Å². The van der Waals surface area contributed by atoms with E-state index in [-0.39, 0.29) is 6.10 Å². The number of unbranched alkanes of at least 4 members (excludes halogenated alkanes) is 2. The maximum atomic E-state index is 6.00. The summed E-state index contributed by atoms with van der Waals surface area (Å²) in [5.74, 6) is 0. The fourth-order valence-corrected chi connectivity index (χ4v) is 4.55. The lowest BCUT2D eigenvalue weighted by atomic mass is 10.1. The van der Waals surface area contributed by atoms with E-state index < -0.39 is 6.49 Å². The average molecular weight is 308 g/mol. The molecule has 1 aliphatic rings. The summed E-state index contributed by atoms with van der Waals surface area (Å²) in [7, 11) is 0. The van der Waals surface area contributed by atoms with Crippen molar-refractivity contribution in [2.24, 2.45) is 0 Å². The Kier molecular flexibility index (Phi) is 8.76. The van der Waals surface area contributed by atoms with E-state index in [9.17, 15) is 0 Å². The van der Waals surface area contributed by atoms with Crippen LogP contribution < -0.4 is 4.90 Å². The molecule has 114 valence electrons. The quantitative estimate of drug-likeness (QED) is 0.523. The highest BCUT2D eigenvalue weighted by molar-refractivity contribution is 8.09. The normalized spacial score (nSPS) is 22.1. The first-order chi connectivity index (χ1) is 9.03. The summed E-state index contributed by atoms with van der Waals surface area (Å²) in [6, 6.07) is 0. The van der Waals surface area contributed by atoms with Crippen LogP contribution in [0.3, 0.4) is 0 Å². The van der Waals surface area contributed by atoms with E-state index in [0.29, 0.717) is 0 Å². The van der Waals surface area contributed by atoms with Crippen LogP contribution in [0.15, 0.2) is 0 Å².